The third-order valence-corrected chi connectivity index (χ3v) is 3.05. The smallest absolute Gasteiger partial charge is 0.460 e. The maximum atomic E-state index is 13.0. The van der Waals surface area contributed by atoms with Crippen LogP contribution in [0.3, 0.4) is 0 Å². The van der Waals surface area contributed by atoms with Gasteiger partial charge in [-0.3, -0.25) is 4.79 Å². The zero-order valence-corrected chi connectivity index (χ0v) is 11.5. The first-order chi connectivity index (χ1) is 8.62. The Labute approximate surface area is 119 Å². The molecule has 0 spiro atoms. The van der Waals surface area contributed by atoms with E-state index in [1.54, 1.807) is 0 Å². The number of carbonyl (C=O) groups is 1. The van der Waals surface area contributed by atoms with Crippen molar-refractivity contribution in [2.24, 2.45) is 0 Å². The molecule has 0 saturated heterocycles. The molecular weight excluding hydrogens is 426 g/mol. The molecule has 0 amide bonds. The van der Waals surface area contributed by atoms with E-state index in [-0.39, 0.29) is 0 Å². The second-order valence-corrected chi connectivity index (χ2v) is 5.05. The van der Waals surface area contributed by atoms with E-state index in [9.17, 15) is 44.3 Å². The first kappa shape index (κ1) is 19.6. The fourth-order valence-corrected chi connectivity index (χ4v) is 1.78. The van der Waals surface area contributed by atoms with Gasteiger partial charge in [0.2, 0.25) is 0 Å². The SMILES string of the molecule is COC(=O)C(I)CC(F)(F)C(F)(F)C(F)(F)C(F)(F)F. The maximum absolute atomic E-state index is 13.0. The number of alkyl halides is 10. The Morgan fingerprint density at radius 1 is 1.00 bits per heavy atom. The summed E-state index contributed by atoms with van der Waals surface area (Å²) < 4.78 is 114. The van der Waals surface area contributed by atoms with Crippen molar-refractivity contribution in [3.63, 3.8) is 0 Å². The Balaban J connectivity index is 5.42. The average Bonchev–Trinajstić information content (AvgIpc) is 2.25. The van der Waals surface area contributed by atoms with Crippen LogP contribution in [0.25, 0.3) is 0 Å². The standard InChI is InChI=1S/C8H6F9IO2/c1-20-4(19)3(18)2-5(9,10)6(11,12)7(13,14)8(15,16)17/h3H,2H2,1H3. The Morgan fingerprint density at radius 2 is 1.40 bits per heavy atom. The number of methoxy groups -OCH3 is 1. The van der Waals surface area contributed by atoms with Gasteiger partial charge in [0.1, 0.15) is 3.92 Å². The molecule has 0 aliphatic rings. The highest BCUT2D eigenvalue weighted by Crippen LogP contribution is 2.54. The molecule has 0 aliphatic carbocycles. The van der Waals surface area contributed by atoms with Gasteiger partial charge in [-0.15, -0.1) is 0 Å². The zero-order valence-electron chi connectivity index (χ0n) is 9.38. The van der Waals surface area contributed by atoms with Crippen molar-refractivity contribution in [3.8, 4) is 0 Å². The van der Waals surface area contributed by atoms with E-state index in [0.29, 0.717) is 7.11 Å². The molecule has 0 fully saturated rings. The van der Waals surface area contributed by atoms with Crippen molar-refractivity contribution in [3.05, 3.63) is 0 Å². The molecule has 0 saturated carbocycles. The zero-order chi connectivity index (χ0) is 16.6. The minimum Gasteiger partial charge on any atom is -0.468 e. The van der Waals surface area contributed by atoms with Crippen LogP contribution in [0.2, 0.25) is 0 Å². The number of ether oxygens (including phenoxy) is 1. The summed E-state index contributed by atoms with van der Waals surface area (Å²) >= 11 is 0.868. The molecule has 0 rings (SSSR count). The van der Waals surface area contributed by atoms with Crippen molar-refractivity contribution < 1.29 is 49.0 Å². The van der Waals surface area contributed by atoms with Crippen LogP contribution in [0.4, 0.5) is 39.5 Å². The van der Waals surface area contributed by atoms with E-state index < -0.39 is 40.3 Å². The maximum Gasteiger partial charge on any atom is 0.460 e. The van der Waals surface area contributed by atoms with Crippen molar-refractivity contribution in [1.82, 2.24) is 0 Å². The molecule has 1 unspecified atom stereocenters. The molecule has 1 atom stereocenters. The van der Waals surface area contributed by atoms with E-state index in [4.69, 9.17) is 0 Å². The summed E-state index contributed by atoms with van der Waals surface area (Å²) in [6.07, 6.45) is -9.11. The Kier molecular flexibility index (Phi) is 5.63. The van der Waals surface area contributed by atoms with Crippen molar-refractivity contribution in [2.75, 3.05) is 7.11 Å². The first-order valence-electron chi connectivity index (χ1n) is 4.54. The lowest BCUT2D eigenvalue weighted by Gasteiger charge is -2.34. The normalized spacial score (nSPS) is 15.9. The molecule has 0 aromatic carbocycles. The number of rotatable bonds is 5. The second-order valence-electron chi connectivity index (χ2n) is 3.55. The van der Waals surface area contributed by atoms with Gasteiger partial charge in [0.05, 0.1) is 7.11 Å². The molecule has 120 valence electrons. The lowest BCUT2D eigenvalue weighted by atomic mass is 9.99. The van der Waals surface area contributed by atoms with Gasteiger partial charge < -0.3 is 4.74 Å². The van der Waals surface area contributed by atoms with Gasteiger partial charge in [-0.2, -0.15) is 39.5 Å². The van der Waals surface area contributed by atoms with Crippen molar-refractivity contribution in [1.29, 1.82) is 0 Å². The minimum atomic E-state index is -6.95. The Bertz CT molecular complexity index is 365. The quantitative estimate of drug-likeness (QED) is 0.286. The van der Waals surface area contributed by atoms with Gasteiger partial charge in [-0.1, -0.05) is 22.6 Å². The molecule has 20 heavy (non-hydrogen) atoms. The van der Waals surface area contributed by atoms with Crippen LogP contribution in [0.1, 0.15) is 6.42 Å². The number of halogens is 10. The summed E-state index contributed by atoms with van der Waals surface area (Å²) in [7, 11) is 0.703. The molecule has 0 radical (unpaired) electrons. The fourth-order valence-electron chi connectivity index (χ4n) is 0.972. The molecule has 0 aromatic heterocycles. The van der Waals surface area contributed by atoms with Gasteiger partial charge in [-0.05, 0) is 0 Å². The largest absolute Gasteiger partial charge is 0.468 e. The Hall–Kier alpha value is -0.430. The van der Waals surface area contributed by atoms with E-state index in [0.717, 1.165) is 22.6 Å². The van der Waals surface area contributed by atoms with E-state index in [2.05, 4.69) is 4.74 Å². The van der Waals surface area contributed by atoms with Crippen LogP contribution in [-0.4, -0.2) is 40.9 Å². The summed E-state index contributed by atoms with van der Waals surface area (Å²) in [4.78, 5) is 10.7. The molecule has 0 aliphatic heterocycles. The fraction of sp³-hybridized carbons (Fsp3) is 0.875. The number of hydrogen-bond donors (Lipinski definition) is 0. The molecule has 0 bridgehead atoms. The topological polar surface area (TPSA) is 26.3 Å². The summed E-state index contributed by atoms with van der Waals surface area (Å²) in [5, 5.41) is 0. The van der Waals surface area contributed by atoms with Gasteiger partial charge in [0.15, 0.2) is 0 Å². The monoisotopic (exact) mass is 432 g/mol. The molecule has 2 nitrogen and oxygen atoms in total. The van der Waals surface area contributed by atoms with Gasteiger partial charge in [0, 0.05) is 6.42 Å². The predicted octanol–water partition coefficient (Wildman–Crippen LogP) is 3.82. The van der Waals surface area contributed by atoms with Crippen LogP contribution in [0.15, 0.2) is 0 Å². The second kappa shape index (κ2) is 5.75. The van der Waals surface area contributed by atoms with E-state index in [1.165, 1.54) is 0 Å². The number of esters is 1. The van der Waals surface area contributed by atoms with Gasteiger partial charge in [0.25, 0.3) is 0 Å². The average molecular weight is 432 g/mol. The number of carbonyl (C=O) groups excluding carboxylic acids is 1. The van der Waals surface area contributed by atoms with E-state index >= 15 is 0 Å². The summed E-state index contributed by atoms with van der Waals surface area (Å²) in [6, 6.07) is 0. The molecular formula is C8H6F9IO2. The van der Waals surface area contributed by atoms with Crippen molar-refractivity contribution >= 4 is 28.6 Å². The third-order valence-electron chi connectivity index (χ3n) is 2.10. The molecule has 0 heterocycles. The van der Waals surface area contributed by atoms with E-state index in [1.807, 2.05) is 0 Å². The van der Waals surface area contributed by atoms with Crippen LogP contribution in [0.5, 0.6) is 0 Å². The third kappa shape index (κ3) is 3.42. The van der Waals surface area contributed by atoms with Crippen LogP contribution < -0.4 is 0 Å². The van der Waals surface area contributed by atoms with Crippen LogP contribution in [0, 0.1) is 0 Å². The van der Waals surface area contributed by atoms with Crippen LogP contribution >= 0.6 is 22.6 Å². The van der Waals surface area contributed by atoms with Gasteiger partial charge >= 0.3 is 29.9 Å². The molecule has 0 N–H and O–H groups in total. The minimum absolute atomic E-state index is 0.703. The lowest BCUT2D eigenvalue weighted by molar-refractivity contribution is -0.396. The summed E-state index contributed by atoms with van der Waals surface area (Å²) in [5.41, 5.74) is 0. The highest BCUT2D eigenvalue weighted by molar-refractivity contribution is 14.1. The van der Waals surface area contributed by atoms with Gasteiger partial charge in [-0.25, -0.2) is 0 Å². The Morgan fingerprint density at radius 3 is 1.70 bits per heavy atom. The highest BCUT2D eigenvalue weighted by Gasteiger charge is 2.81. The summed E-state index contributed by atoms with van der Waals surface area (Å²) in [6.45, 7) is 0. The first-order valence-corrected chi connectivity index (χ1v) is 5.78. The van der Waals surface area contributed by atoms with Crippen molar-refractivity contribution in [2.45, 2.75) is 34.3 Å². The highest BCUT2D eigenvalue weighted by atomic mass is 127. The lowest BCUT2D eigenvalue weighted by Crippen LogP contribution is -2.61. The predicted molar refractivity (Wildman–Crippen MR) is 55.3 cm³/mol. The summed E-state index contributed by atoms with van der Waals surface area (Å²) in [5.74, 6) is -20.9. The molecule has 12 heteroatoms. The van der Waals surface area contributed by atoms with Crippen LogP contribution in [-0.2, 0) is 9.53 Å². The number of hydrogen-bond acceptors (Lipinski definition) is 2. The molecule has 0 aromatic rings.